The van der Waals surface area contributed by atoms with Crippen molar-refractivity contribution < 1.29 is 19.1 Å². The average molecular weight is 306 g/mol. The van der Waals surface area contributed by atoms with Crippen LogP contribution in [0.25, 0.3) is 0 Å². The van der Waals surface area contributed by atoms with Crippen LogP contribution in [0.5, 0.6) is 0 Å². The number of hydrogen-bond acceptors (Lipinski definition) is 6. The third kappa shape index (κ3) is 4.44. The zero-order valence-corrected chi connectivity index (χ0v) is 13.3. The Labute approximate surface area is 130 Å². The fourth-order valence-electron chi connectivity index (χ4n) is 2.31. The van der Waals surface area contributed by atoms with Gasteiger partial charge in [0.05, 0.1) is 0 Å². The molecule has 6 nitrogen and oxygen atoms in total. The van der Waals surface area contributed by atoms with E-state index < -0.39 is 24.1 Å². The van der Waals surface area contributed by atoms with Crippen molar-refractivity contribution in [2.75, 3.05) is 24.6 Å². The molecule has 0 amide bonds. The van der Waals surface area contributed by atoms with Crippen LogP contribution < -0.4 is 4.90 Å². The number of pyridine rings is 1. The molecule has 1 aromatic rings. The third-order valence-electron chi connectivity index (χ3n) is 3.15. The Morgan fingerprint density at radius 1 is 1.27 bits per heavy atom. The molecular weight excluding hydrogens is 284 g/mol. The van der Waals surface area contributed by atoms with E-state index in [1.807, 2.05) is 0 Å². The van der Waals surface area contributed by atoms with Crippen molar-refractivity contribution >= 4 is 17.8 Å². The number of rotatable bonds is 4. The van der Waals surface area contributed by atoms with E-state index >= 15 is 0 Å². The van der Waals surface area contributed by atoms with Gasteiger partial charge in [-0.05, 0) is 45.7 Å². The molecule has 0 spiro atoms. The molecule has 0 aromatic carbocycles. The van der Waals surface area contributed by atoms with Crippen molar-refractivity contribution in [1.29, 1.82) is 0 Å². The van der Waals surface area contributed by atoms with Crippen molar-refractivity contribution in [3.8, 4) is 0 Å². The number of anilines is 1. The smallest absolute Gasteiger partial charge is 0.344 e. The molecule has 0 saturated carbocycles. The maximum Gasteiger partial charge on any atom is 0.344 e. The van der Waals surface area contributed by atoms with Crippen molar-refractivity contribution in [1.82, 2.24) is 4.98 Å². The van der Waals surface area contributed by atoms with E-state index in [0.29, 0.717) is 11.4 Å². The maximum absolute atomic E-state index is 12.2. The second-order valence-electron chi connectivity index (χ2n) is 6.23. The quantitative estimate of drug-likeness (QED) is 0.794. The summed E-state index contributed by atoms with van der Waals surface area (Å²) >= 11 is 0. The standard InChI is InChI=1S/C16H22N2O4/c1-16(2,3)22-13(19)11-21-15(20)12-7-6-8-17-14(12)18-9-4-5-10-18/h6-8H,4-5,9-11H2,1-3H3. The molecule has 1 aliphatic heterocycles. The van der Waals surface area contributed by atoms with Crippen LogP contribution in [-0.2, 0) is 14.3 Å². The fraction of sp³-hybridized carbons (Fsp3) is 0.562. The lowest BCUT2D eigenvalue weighted by molar-refractivity contribution is -0.158. The fourth-order valence-corrected chi connectivity index (χ4v) is 2.31. The van der Waals surface area contributed by atoms with Crippen LogP contribution in [0.4, 0.5) is 5.82 Å². The molecule has 1 saturated heterocycles. The number of nitrogens with zero attached hydrogens (tertiary/aromatic N) is 2. The molecule has 2 rings (SSSR count). The predicted octanol–water partition coefficient (Wildman–Crippen LogP) is 2.18. The summed E-state index contributed by atoms with van der Waals surface area (Å²) in [4.78, 5) is 30.1. The summed E-state index contributed by atoms with van der Waals surface area (Å²) in [5, 5.41) is 0. The summed E-state index contributed by atoms with van der Waals surface area (Å²) in [5.74, 6) is -0.498. The van der Waals surface area contributed by atoms with Crippen LogP contribution >= 0.6 is 0 Å². The van der Waals surface area contributed by atoms with Crippen molar-refractivity contribution in [3.05, 3.63) is 23.9 Å². The summed E-state index contributed by atoms with van der Waals surface area (Å²) in [5.41, 5.74) is -0.216. The van der Waals surface area contributed by atoms with Gasteiger partial charge in [0.1, 0.15) is 17.0 Å². The van der Waals surface area contributed by atoms with Gasteiger partial charge in [-0.25, -0.2) is 14.6 Å². The molecule has 2 heterocycles. The van der Waals surface area contributed by atoms with E-state index in [9.17, 15) is 9.59 Å². The van der Waals surface area contributed by atoms with Gasteiger partial charge in [0.25, 0.3) is 0 Å². The second-order valence-corrected chi connectivity index (χ2v) is 6.23. The number of hydrogen-bond donors (Lipinski definition) is 0. The zero-order chi connectivity index (χ0) is 16.2. The molecule has 1 aromatic heterocycles. The molecule has 6 heteroatoms. The van der Waals surface area contributed by atoms with Crippen LogP contribution in [-0.4, -0.2) is 42.2 Å². The minimum atomic E-state index is -0.599. The summed E-state index contributed by atoms with van der Waals surface area (Å²) < 4.78 is 10.2. The molecule has 0 radical (unpaired) electrons. The molecule has 120 valence electrons. The van der Waals surface area contributed by atoms with Gasteiger partial charge in [0.15, 0.2) is 6.61 Å². The SMILES string of the molecule is CC(C)(C)OC(=O)COC(=O)c1cccnc1N1CCCC1. The second kappa shape index (κ2) is 6.77. The molecule has 0 N–H and O–H groups in total. The van der Waals surface area contributed by atoms with Crippen LogP contribution in [0.1, 0.15) is 44.0 Å². The molecule has 0 aliphatic carbocycles. The van der Waals surface area contributed by atoms with Crippen molar-refractivity contribution in [2.45, 2.75) is 39.2 Å². The highest BCUT2D eigenvalue weighted by molar-refractivity contribution is 5.95. The average Bonchev–Trinajstić information content (AvgIpc) is 2.97. The summed E-state index contributed by atoms with van der Waals surface area (Å²) in [6, 6.07) is 3.35. The largest absolute Gasteiger partial charge is 0.457 e. The van der Waals surface area contributed by atoms with Crippen molar-refractivity contribution in [3.63, 3.8) is 0 Å². The molecular formula is C16H22N2O4. The van der Waals surface area contributed by atoms with Crippen LogP contribution in [0, 0.1) is 0 Å². The van der Waals surface area contributed by atoms with Gasteiger partial charge in [-0.15, -0.1) is 0 Å². The third-order valence-corrected chi connectivity index (χ3v) is 3.15. The Morgan fingerprint density at radius 3 is 2.59 bits per heavy atom. The highest BCUT2D eigenvalue weighted by atomic mass is 16.6. The summed E-state index contributed by atoms with van der Waals surface area (Å²) in [6.07, 6.45) is 3.82. The number of aromatic nitrogens is 1. The van der Waals surface area contributed by atoms with Gasteiger partial charge < -0.3 is 14.4 Å². The number of esters is 2. The minimum Gasteiger partial charge on any atom is -0.457 e. The van der Waals surface area contributed by atoms with Crippen LogP contribution in [0.2, 0.25) is 0 Å². The first kappa shape index (κ1) is 16.3. The highest BCUT2D eigenvalue weighted by Gasteiger charge is 2.23. The molecule has 0 unspecified atom stereocenters. The Hall–Kier alpha value is -2.11. The molecule has 22 heavy (non-hydrogen) atoms. The first-order chi connectivity index (χ1) is 10.4. The summed E-state index contributed by atoms with van der Waals surface area (Å²) in [7, 11) is 0. The minimum absolute atomic E-state index is 0.382. The molecule has 1 aliphatic rings. The lowest BCUT2D eigenvalue weighted by Gasteiger charge is -2.20. The van der Waals surface area contributed by atoms with Gasteiger partial charge in [-0.1, -0.05) is 0 Å². The van der Waals surface area contributed by atoms with Gasteiger partial charge in [0, 0.05) is 19.3 Å². The molecule has 1 fully saturated rings. The Balaban J connectivity index is 1.99. The van der Waals surface area contributed by atoms with Crippen LogP contribution in [0.3, 0.4) is 0 Å². The van der Waals surface area contributed by atoms with E-state index in [2.05, 4.69) is 9.88 Å². The van der Waals surface area contributed by atoms with Crippen LogP contribution in [0.15, 0.2) is 18.3 Å². The summed E-state index contributed by atoms with van der Waals surface area (Å²) in [6.45, 7) is 6.65. The maximum atomic E-state index is 12.2. The first-order valence-corrected chi connectivity index (χ1v) is 7.46. The lowest BCUT2D eigenvalue weighted by Crippen LogP contribution is -2.28. The zero-order valence-electron chi connectivity index (χ0n) is 13.3. The topological polar surface area (TPSA) is 68.7 Å². The van der Waals surface area contributed by atoms with E-state index in [-0.39, 0.29) is 0 Å². The van der Waals surface area contributed by atoms with E-state index in [1.54, 1.807) is 39.1 Å². The Kier molecular flexibility index (Phi) is 5.00. The number of carbonyl (C=O) groups excluding carboxylic acids is 2. The molecule has 0 bridgehead atoms. The van der Waals surface area contributed by atoms with E-state index in [0.717, 1.165) is 25.9 Å². The number of carbonyl (C=O) groups is 2. The Morgan fingerprint density at radius 2 is 1.95 bits per heavy atom. The van der Waals surface area contributed by atoms with E-state index in [4.69, 9.17) is 9.47 Å². The number of ether oxygens (including phenoxy) is 2. The van der Waals surface area contributed by atoms with E-state index in [1.165, 1.54) is 0 Å². The normalized spacial score (nSPS) is 14.8. The first-order valence-electron chi connectivity index (χ1n) is 7.46. The monoisotopic (exact) mass is 306 g/mol. The predicted molar refractivity (Wildman–Crippen MR) is 81.8 cm³/mol. The van der Waals surface area contributed by atoms with Gasteiger partial charge in [0.2, 0.25) is 0 Å². The molecule has 0 atom stereocenters. The highest BCUT2D eigenvalue weighted by Crippen LogP contribution is 2.22. The Bertz CT molecular complexity index is 545. The van der Waals surface area contributed by atoms with Crippen molar-refractivity contribution in [2.24, 2.45) is 0 Å². The lowest BCUT2D eigenvalue weighted by atomic mass is 10.2. The van der Waals surface area contributed by atoms with Gasteiger partial charge in [-0.3, -0.25) is 0 Å². The van der Waals surface area contributed by atoms with Gasteiger partial charge in [-0.2, -0.15) is 0 Å². The van der Waals surface area contributed by atoms with Gasteiger partial charge >= 0.3 is 11.9 Å².